The maximum Gasteiger partial charge on any atom is 0.0702 e. The van der Waals surface area contributed by atoms with Gasteiger partial charge in [-0.05, 0) is 94.1 Å². The third-order valence-electron chi connectivity index (χ3n) is 8.64. The van der Waals surface area contributed by atoms with Gasteiger partial charge in [0.2, 0.25) is 0 Å². The van der Waals surface area contributed by atoms with E-state index in [0.717, 1.165) is 34.0 Å². The van der Waals surface area contributed by atoms with Crippen molar-refractivity contribution in [1.82, 2.24) is 9.97 Å². The fourth-order valence-electron chi connectivity index (χ4n) is 6.66. The highest BCUT2D eigenvalue weighted by molar-refractivity contribution is 6.07. The summed E-state index contributed by atoms with van der Waals surface area (Å²) >= 11 is 0. The van der Waals surface area contributed by atoms with Crippen molar-refractivity contribution in [2.45, 2.75) is 5.92 Å². The van der Waals surface area contributed by atoms with Crippen molar-refractivity contribution in [1.29, 1.82) is 0 Å². The minimum absolute atomic E-state index is 0.0359. The third kappa shape index (κ3) is 5.08. The molecule has 8 rings (SSSR count). The van der Waals surface area contributed by atoms with E-state index in [9.17, 15) is 0 Å². The SMILES string of the molecule is c1ccc(C2=C(c3ccccc3)C(c3ccccn3)c3cc(N(c4ccccc4)c4cccc(-c5ccccn5)c4)ccc32)cc1. The van der Waals surface area contributed by atoms with Gasteiger partial charge in [0.25, 0.3) is 0 Å². The Labute approximate surface area is 269 Å². The molecular weight excluding hydrogens is 558 g/mol. The first-order chi connectivity index (χ1) is 22.8. The molecule has 0 saturated carbocycles. The lowest BCUT2D eigenvalue weighted by atomic mass is 9.87. The molecule has 0 saturated heterocycles. The molecule has 2 aromatic heterocycles. The maximum atomic E-state index is 4.94. The molecule has 7 aromatic rings. The molecule has 46 heavy (non-hydrogen) atoms. The first-order valence-corrected chi connectivity index (χ1v) is 15.6. The Balaban J connectivity index is 1.35. The number of benzene rings is 5. The summed E-state index contributed by atoms with van der Waals surface area (Å²) in [5.74, 6) is -0.0359. The quantitative estimate of drug-likeness (QED) is 0.185. The lowest BCUT2D eigenvalue weighted by molar-refractivity contribution is 0.984. The van der Waals surface area contributed by atoms with Crippen LogP contribution in [0.2, 0.25) is 0 Å². The molecule has 1 unspecified atom stereocenters. The van der Waals surface area contributed by atoms with Crippen LogP contribution in [0.5, 0.6) is 0 Å². The van der Waals surface area contributed by atoms with E-state index in [1.165, 1.54) is 33.4 Å². The normalized spacial score (nSPS) is 13.8. The van der Waals surface area contributed by atoms with Crippen LogP contribution in [0.15, 0.2) is 182 Å². The Morgan fingerprint density at radius 2 is 1.04 bits per heavy atom. The Bertz CT molecular complexity index is 2130. The summed E-state index contributed by atoms with van der Waals surface area (Å²) in [5.41, 5.74) is 13.7. The highest BCUT2D eigenvalue weighted by atomic mass is 15.1. The minimum atomic E-state index is -0.0359. The van der Waals surface area contributed by atoms with Crippen LogP contribution in [0, 0.1) is 0 Å². The van der Waals surface area contributed by atoms with Crippen molar-refractivity contribution >= 4 is 28.2 Å². The van der Waals surface area contributed by atoms with Crippen molar-refractivity contribution in [3.63, 3.8) is 0 Å². The van der Waals surface area contributed by atoms with Crippen molar-refractivity contribution in [3.8, 4) is 11.3 Å². The van der Waals surface area contributed by atoms with Crippen LogP contribution >= 0.6 is 0 Å². The summed E-state index contributed by atoms with van der Waals surface area (Å²) in [6, 6.07) is 60.0. The second-order valence-electron chi connectivity index (χ2n) is 11.4. The lowest BCUT2D eigenvalue weighted by Crippen LogP contribution is -2.11. The predicted molar refractivity (Wildman–Crippen MR) is 189 cm³/mol. The molecule has 0 N–H and O–H groups in total. The number of allylic oxidation sites excluding steroid dienone is 1. The van der Waals surface area contributed by atoms with Crippen LogP contribution in [-0.4, -0.2) is 9.97 Å². The van der Waals surface area contributed by atoms with Crippen molar-refractivity contribution in [3.05, 3.63) is 210 Å². The van der Waals surface area contributed by atoms with Crippen molar-refractivity contribution in [2.24, 2.45) is 0 Å². The van der Waals surface area contributed by atoms with E-state index in [2.05, 4.69) is 162 Å². The zero-order chi connectivity index (χ0) is 30.7. The molecule has 0 fully saturated rings. The number of rotatable bonds is 7. The van der Waals surface area contributed by atoms with E-state index in [4.69, 9.17) is 4.98 Å². The van der Waals surface area contributed by atoms with Crippen LogP contribution in [0.25, 0.3) is 22.4 Å². The number of hydrogen-bond acceptors (Lipinski definition) is 3. The molecule has 0 radical (unpaired) electrons. The number of hydrogen-bond donors (Lipinski definition) is 0. The molecule has 218 valence electrons. The molecule has 0 amide bonds. The number of anilines is 3. The van der Waals surface area contributed by atoms with Gasteiger partial charge in [-0.3, -0.25) is 9.97 Å². The van der Waals surface area contributed by atoms with Gasteiger partial charge >= 0.3 is 0 Å². The molecule has 1 aliphatic carbocycles. The summed E-state index contributed by atoms with van der Waals surface area (Å²) in [6.45, 7) is 0. The second-order valence-corrected chi connectivity index (χ2v) is 11.4. The van der Waals surface area contributed by atoms with Gasteiger partial charge in [0.05, 0.1) is 17.3 Å². The summed E-state index contributed by atoms with van der Waals surface area (Å²) in [6.07, 6.45) is 3.75. The zero-order valence-electron chi connectivity index (χ0n) is 25.2. The molecule has 1 atom stereocenters. The third-order valence-corrected chi connectivity index (χ3v) is 8.64. The van der Waals surface area contributed by atoms with Gasteiger partial charge in [-0.25, -0.2) is 0 Å². The number of aromatic nitrogens is 2. The van der Waals surface area contributed by atoms with E-state index in [0.29, 0.717) is 0 Å². The Morgan fingerprint density at radius 3 is 1.74 bits per heavy atom. The van der Waals surface area contributed by atoms with E-state index < -0.39 is 0 Å². The fraction of sp³-hybridized carbons (Fsp3) is 0.0233. The molecule has 3 heteroatoms. The van der Waals surface area contributed by atoms with E-state index in [-0.39, 0.29) is 5.92 Å². The average Bonchev–Trinajstić information content (AvgIpc) is 3.48. The van der Waals surface area contributed by atoms with Crippen LogP contribution in [-0.2, 0) is 0 Å². The topological polar surface area (TPSA) is 29.0 Å². The molecule has 0 bridgehead atoms. The van der Waals surface area contributed by atoms with Crippen molar-refractivity contribution in [2.75, 3.05) is 4.90 Å². The summed E-state index contributed by atoms with van der Waals surface area (Å²) in [7, 11) is 0. The number of para-hydroxylation sites is 1. The van der Waals surface area contributed by atoms with Gasteiger partial charge in [0.15, 0.2) is 0 Å². The molecule has 0 spiro atoms. The van der Waals surface area contributed by atoms with Gasteiger partial charge in [-0.1, -0.05) is 109 Å². The zero-order valence-corrected chi connectivity index (χ0v) is 25.2. The van der Waals surface area contributed by atoms with Gasteiger partial charge in [0.1, 0.15) is 0 Å². The Morgan fingerprint density at radius 1 is 0.435 bits per heavy atom. The molecule has 2 heterocycles. The lowest BCUT2D eigenvalue weighted by Gasteiger charge is -2.27. The van der Waals surface area contributed by atoms with E-state index >= 15 is 0 Å². The highest BCUT2D eigenvalue weighted by Gasteiger charge is 2.35. The average molecular weight is 590 g/mol. The van der Waals surface area contributed by atoms with Crippen LogP contribution in [0.1, 0.15) is 33.9 Å². The largest absolute Gasteiger partial charge is 0.310 e. The molecular formula is C43H31N3. The van der Waals surface area contributed by atoms with E-state index in [1.54, 1.807) is 0 Å². The highest BCUT2D eigenvalue weighted by Crippen LogP contribution is 2.53. The summed E-state index contributed by atoms with van der Waals surface area (Å²) < 4.78 is 0. The predicted octanol–water partition coefficient (Wildman–Crippen LogP) is 10.7. The van der Waals surface area contributed by atoms with Crippen molar-refractivity contribution < 1.29 is 0 Å². The van der Waals surface area contributed by atoms with Gasteiger partial charge in [-0.15, -0.1) is 0 Å². The van der Waals surface area contributed by atoms with Crippen LogP contribution in [0.3, 0.4) is 0 Å². The monoisotopic (exact) mass is 589 g/mol. The standard InChI is InChI=1S/C43H31N3/c1-4-15-31(16-5-1)41-37-26-25-36(30-38(37)43(40-24-11-13-28-45-40)42(41)32-17-6-2-7-18-32)46(34-20-8-3-9-21-34)35-22-14-19-33(29-35)39-23-10-12-27-44-39/h1-30,43H. The first-order valence-electron chi connectivity index (χ1n) is 15.6. The Kier molecular flexibility index (Phi) is 7.26. The summed E-state index contributed by atoms with van der Waals surface area (Å²) in [5, 5.41) is 0. The molecule has 5 aromatic carbocycles. The minimum Gasteiger partial charge on any atom is -0.310 e. The second kappa shape index (κ2) is 12.1. The molecule has 0 aliphatic heterocycles. The Hall–Kier alpha value is -6.06. The number of nitrogens with zero attached hydrogens (tertiary/aromatic N) is 3. The maximum absolute atomic E-state index is 4.94. The number of pyridine rings is 2. The van der Waals surface area contributed by atoms with Crippen LogP contribution in [0.4, 0.5) is 17.1 Å². The van der Waals surface area contributed by atoms with Crippen LogP contribution < -0.4 is 4.90 Å². The van der Waals surface area contributed by atoms with Gasteiger partial charge in [-0.2, -0.15) is 0 Å². The first kappa shape index (κ1) is 27.5. The van der Waals surface area contributed by atoms with Gasteiger partial charge < -0.3 is 4.90 Å². The summed E-state index contributed by atoms with van der Waals surface area (Å²) in [4.78, 5) is 11.9. The number of fused-ring (bicyclic) bond motifs is 1. The smallest absolute Gasteiger partial charge is 0.0702 e. The van der Waals surface area contributed by atoms with Gasteiger partial charge in [0, 0.05) is 35.0 Å². The fourth-order valence-corrected chi connectivity index (χ4v) is 6.66. The van der Waals surface area contributed by atoms with E-state index in [1.807, 2.05) is 30.6 Å². The molecule has 3 nitrogen and oxygen atoms in total. The molecule has 1 aliphatic rings.